The van der Waals surface area contributed by atoms with Crippen LogP contribution in [0.5, 0.6) is 0 Å². The van der Waals surface area contributed by atoms with Crippen molar-refractivity contribution in [2.24, 2.45) is 0 Å². The summed E-state index contributed by atoms with van der Waals surface area (Å²) < 4.78 is 15.2. The smallest absolute Gasteiger partial charge is 0.256 e. The lowest BCUT2D eigenvalue weighted by atomic mass is 10.2. The SMILES string of the molecule is C=CCN(Cc1cccn1Cc1ccc(F)cc1)C(=O)c1ccccc1Cl. The van der Waals surface area contributed by atoms with Crippen LogP contribution < -0.4 is 0 Å². The lowest BCUT2D eigenvalue weighted by Crippen LogP contribution is -2.31. The Morgan fingerprint density at radius 1 is 1.11 bits per heavy atom. The Labute approximate surface area is 163 Å². The van der Waals surface area contributed by atoms with Gasteiger partial charge in [0, 0.05) is 25.0 Å². The Bertz CT molecular complexity index is 933. The molecule has 0 saturated heterocycles. The van der Waals surface area contributed by atoms with Crippen LogP contribution in [0.1, 0.15) is 21.6 Å². The van der Waals surface area contributed by atoms with E-state index in [9.17, 15) is 9.18 Å². The Balaban J connectivity index is 1.80. The van der Waals surface area contributed by atoms with E-state index in [1.54, 1.807) is 47.4 Å². The summed E-state index contributed by atoms with van der Waals surface area (Å²) in [6.45, 7) is 5.19. The summed E-state index contributed by atoms with van der Waals surface area (Å²) in [5.41, 5.74) is 2.43. The van der Waals surface area contributed by atoms with Gasteiger partial charge in [-0.2, -0.15) is 0 Å². The van der Waals surface area contributed by atoms with Gasteiger partial charge < -0.3 is 9.47 Å². The fraction of sp³-hybridized carbons (Fsp3) is 0.136. The summed E-state index contributed by atoms with van der Waals surface area (Å²) in [5.74, 6) is -0.399. The first-order chi connectivity index (χ1) is 13.1. The molecule has 0 aliphatic heterocycles. The molecular weight excluding hydrogens is 363 g/mol. The second-order valence-corrected chi connectivity index (χ2v) is 6.62. The maximum atomic E-state index is 13.1. The van der Waals surface area contributed by atoms with Crippen LogP contribution in [-0.4, -0.2) is 21.9 Å². The fourth-order valence-electron chi connectivity index (χ4n) is 2.91. The minimum atomic E-state index is -0.256. The molecule has 1 aromatic heterocycles. The molecule has 2 aromatic carbocycles. The molecule has 3 aromatic rings. The largest absolute Gasteiger partial charge is 0.345 e. The number of carbonyl (C=O) groups is 1. The Morgan fingerprint density at radius 3 is 2.56 bits per heavy atom. The van der Waals surface area contributed by atoms with Crippen LogP contribution >= 0.6 is 11.6 Å². The van der Waals surface area contributed by atoms with Crippen LogP contribution in [0.25, 0.3) is 0 Å². The third-order valence-corrected chi connectivity index (χ3v) is 4.61. The molecule has 138 valence electrons. The zero-order valence-electron chi connectivity index (χ0n) is 14.8. The van der Waals surface area contributed by atoms with Crippen molar-refractivity contribution in [3.63, 3.8) is 0 Å². The normalized spacial score (nSPS) is 10.6. The molecule has 0 spiro atoms. The molecule has 5 heteroatoms. The van der Waals surface area contributed by atoms with Crippen molar-refractivity contribution in [3.8, 4) is 0 Å². The van der Waals surface area contributed by atoms with Crippen molar-refractivity contribution < 1.29 is 9.18 Å². The Morgan fingerprint density at radius 2 is 1.85 bits per heavy atom. The highest BCUT2D eigenvalue weighted by molar-refractivity contribution is 6.33. The van der Waals surface area contributed by atoms with E-state index < -0.39 is 0 Å². The summed E-state index contributed by atoms with van der Waals surface area (Å²) in [6, 6.07) is 17.3. The maximum absolute atomic E-state index is 13.1. The van der Waals surface area contributed by atoms with Gasteiger partial charge in [0.15, 0.2) is 0 Å². The molecule has 1 amide bonds. The quantitative estimate of drug-likeness (QED) is 0.518. The maximum Gasteiger partial charge on any atom is 0.256 e. The second-order valence-electron chi connectivity index (χ2n) is 6.21. The van der Waals surface area contributed by atoms with Gasteiger partial charge in [0.2, 0.25) is 0 Å². The van der Waals surface area contributed by atoms with Gasteiger partial charge in [0.25, 0.3) is 5.91 Å². The highest BCUT2D eigenvalue weighted by Gasteiger charge is 2.18. The minimum absolute atomic E-state index is 0.143. The van der Waals surface area contributed by atoms with Gasteiger partial charge >= 0.3 is 0 Å². The number of nitrogens with zero attached hydrogens (tertiary/aromatic N) is 2. The predicted octanol–water partition coefficient (Wildman–Crippen LogP) is 5.16. The van der Waals surface area contributed by atoms with Crippen LogP contribution in [0.15, 0.2) is 79.5 Å². The van der Waals surface area contributed by atoms with Crippen LogP contribution in [0.3, 0.4) is 0 Å². The standard InChI is InChI=1S/C22H20ClFN2O/c1-2-13-26(22(27)20-7-3-4-8-21(20)23)16-19-6-5-14-25(19)15-17-9-11-18(24)12-10-17/h2-12,14H,1,13,15-16H2. The van der Waals surface area contributed by atoms with Gasteiger partial charge in [0.1, 0.15) is 5.82 Å². The summed E-state index contributed by atoms with van der Waals surface area (Å²) in [4.78, 5) is 14.6. The van der Waals surface area contributed by atoms with Crippen molar-refractivity contribution in [1.82, 2.24) is 9.47 Å². The van der Waals surface area contributed by atoms with Crippen molar-refractivity contribution in [3.05, 3.63) is 107 Å². The molecular formula is C22H20ClFN2O. The van der Waals surface area contributed by atoms with Gasteiger partial charge in [0.05, 0.1) is 17.1 Å². The topological polar surface area (TPSA) is 25.2 Å². The molecule has 0 aliphatic carbocycles. The van der Waals surface area contributed by atoms with E-state index in [4.69, 9.17) is 11.6 Å². The van der Waals surface area contributed by atoms with Crippen LogP contribution in [0, 0.1) is 5.82 Å². The van der Waals surface area contributed by atoms with Gasteiger partial charge in [-0.05, 0) is 42.0 Å². The third kappa shape index (κ3) is 4.66. The summed E-state index contributed by atoms with van der Waals surface area (Å²) >= 11 is 6.19. The number of hydrogen-bond acceptors (Lipinski definition) is 1. The van der Waals surface area contributed by atoms with Crippen LogP contribution in [0.4, 0.5) is 4.39 Å². The first-order valence-corrected chi connectivity index (χ1v) is 8.99. The number of amides is 1. The molecule has 1 heterocycles. The average molecular weight is 383 g/mol. The molecule has 0 radical (unpaired) electrons. The number of benzene rings is 2. The van der Waals surface area contributed by atoms with E-state index >= 15 is 0 Å². The van der Waals surface area contributed by atoms with Crippen molar-refractivity contribution in [1.29, 1.82) is 0 Å². The fourth-order valence-corrected chi connectivity index (χ4v) is 3.13. The first-order valence-electron chi connectivity index (χ1n) is 8.61. The first kappa shape index (κ1) is 18.9. The molecule has 0 aliphatic rings. The molecule has 0 bridgehead atoms. The molecule has 0 N–H and O–H groups in total. The molecule has 3 rings (SSSR count). The van der Waals surface area contributed by atoms with E-state index in [1.807, 2.05) is 22.9 Å². The number of carbonyl (C=O) groups excluding carboxylic acids is 1. The zero-order valence-corrected chi connectivity index (χ0v) is 15.6. The number of rotatable bonds is 7. The minimum Gasteiger partial charge on any atom is -0.345 e. The Kier molecular flexibility index (Phi) is 6.09. The van der Waals surface area contributed by atoms with Crippen molar-refractivity contribution >= 4 is 17.5 Å². The number of hydrogen-bond donors (Lipinski definition) is 0. The predicted molar refractivity (Wildman–Crippen MR) is 106 cm³/mol. The number of aromatic nitrogens is 1. The van der Waals surface area contributed by atoms with E-state index in [-0.39, 0.29) is 11.7 Å². The van der Waals surface area contributed by atoms with Crippen LogP contribution in [0.2, 0.25) is 5.02 Å². The highest BCUT2D eigenvalue weighted by Crippen LogP contribution is 2.19. The third-order valence-electron chi connectivity index (χ3n) is 4.28. The van der Waals surface area contributed by atoms with Gasteiger partial charge in [-0.1, -0.05) is 41.9 Å². The van der Waals surface area contributed by atoms with Gasteiger partial charge in [-0.3, -0.25) is 4.79 Å². The lowest BCUT2D eigenvalue weighted by Gasteiger charge is -2.23. The number of halogens is 2. The van der Waals surface area contributed by atoms with E-state index in [0.29, 0.717) is 30.2 Å². The van der Waals surface area contributed by atoms with E-state index in [2.05, 4.69) is 6.58 Å². The second kappa shape index (κ2) is 8.69. The lowest BCUT2D eigenvalue weighted by molar-refractivity contribution is 0.0759. The summed E-state index contributed by atoms with van der Waals surface area (Å²) in [6.07, 6.45) is 3.65. The van der Waals surface area contributed by atoms with Gasteiger partial charge in [-0.15, -0.1) is 6.58 Å². The monoisotopic (exact) mass is 382 g/mol. The molecule has 0 fully saturated rings. The summed E-state index contributed by atoms with van der Waals surface area (Å²) in [5, 5.41) is 0.429. The molecule has 0 atom stereocenters. The average Bonchev–Trinajstić information content (AvgIpc) is 3.10. The Hall–Kier alpha value is -2.85. The molecule has 0 unspecified atom stereocenters. The molecule has 0 saturated carbocycles. The van der Waals surface area contributed by atoms with Crippen molar-refractivity contribution in [2.45, 2.75) is 13.1 Å². The van der Waals surface area contributed by atoms with Crippen molar-refractivity contribution in [2.75, 3.05) is 6.54 Å². The highest BCUT2D eigenvalue weighted by atomic mass is 35.5. The van der Waals surface area contributed by atoms with Gasteiger partial charge in [-0.25, -0.2) is 4.39 Å². The van der Waals surface area contributed by atoms with Crippen LogP contribution in [-0.2, 0) is 13.1 Å². The molecule has 3 nitrogen and oxygen atoms in total. The summed E-state index contributed by atoms with van der Waals surface area (Å²) in [7, 11) is 0. The zero-order chi connectivity index (χ0) is 19.2. The van der Waals surface area contributed by atoms with E-state index in [0.717, 1.165) is 11.3 Å². The van der Waals surface area contributed by atoms with E-state index in [1.165, 1.54) is 12.1 Å². The molecule has 27 heavy (non-hydrogen) atoms.